The molecule has 2 N–H and O–H groups in total. The number of carbonyl (C=O) groups excluding carboxylic acids is 2. The monoisotopic (exact) mass is 642 g/mol. The van der Waals surface area contributed by atoms with Crippen LogP contribution in [0.3, 0.4) is 0 Å². The van der Waals surface area contributed by atoms with Crippen LogP contribution in [0.25, 0.3) is 5.65 Å². The topological polar surface area (TPSA) is 117 Å². The van der Waals surface area contributed by atoms with E-state index in [4.69, 9.17) is 21.3 Å². The van der Waals surface area contributed by atoms with Crippen molar-refractivity contribution in [1.82, 2.24) is 24.3 Å². The number of halogens is 1. The van der Waals surface area contributed by atoms with Crippen molar-refractivity contribution in [1.29, 1.82) is 0 Å². The van der Waals surface area contributed by atoms with E-state index >= 15 is 0 Å². The zero-order valence-electron chi connectivity index (χ0n) is 26.4. The molecule has 1 aromatic carbocycles. The van der Waals surface area contributed by atoms with Crippen molar-refractivity contribution in [3.63, 3.8) is 0 Å². The number of piperazine rings is 1. The van der Waals surface area contributed by atoms with E-state index in [9.17, 15) is 9.59 Å². The van der Waals surface area contributed by atoms with E-state index in [0.717, 1.165) is 29.0 Å². The fourth-order valence-corrected chi connectivity index (χ4v) is 6.28. The predicted molar refractivity (Wildman–Crippen MR) is 177 cm³/mol. The Morgan fingerprint density at radius 3 is 2.52 bits per heavy atom. The molecule has 0 radical (unpaired) electrons. The Balaban J connectivity index is 1.01. The first-order valence-electron chi connectivity index (χ1n) is 16.0. The number of fused-ring (bicyclic) bond motifs is 1. The molecule has 2 atom stereocenters. The van der Waals surface area contributed by atoms with Gasteiger partial charge in [0.25, 0.3) is 0 Å². The van der Waals surface area contributed by atoms with Crippen molar-refractivity contribution in [2.75, 3.05) is 41.7 Å². The molecule has 2 saturated carbocycles. The molecule has 1 saturated heterocycles. The van der Waals surface area contributed by atoms with Gasteiger partial charge in [0.05, 0.1) is 17.9 Å². The third-order valence-electron chi connectivity index (χ3n) is 8.70. The Morgan fingerprint density at radius 1 is 1.00 bits per heavy atom. The van der Waals surface area contributed by atoms with Crippen molar-refractivity contribution in [3.05, 3.63) is 77.0 Å². The highest BCUT2D eigenvalue weighted by molar-refractivity contribution is 6.30. The first-order chi connectivity index (χ1) is 22.1. The molecule has 0 spiro atoms. The first-order valence-corrected chi connectivity index (χ1v) is 16.3. The minimum atomic E-state index is -0.515. The summed E-state index contributed by atoms with van der Waals surface area (Å²) in [7, 11) is 0. The van der Waals surface area contributed by atoms with Gasteiger partial charge in [0.1, 0.15) is 23.6 Å². The zero-order valence-corrected chi connectivity index (χ0v) is 27.1. The standard InChI is InChI=1S/C34H39ClN8O3/c1-34(2,3)46-33(45)42-11-9-41(10-12-42)28-14-23(21-7-8-21)18-43-19-25(39-31(28)43)17-36-29-16-30(38-20-37-29)40-32(44)27-15-26(27)22-5-4-6-24(35)13-22/h4-6,13-14,16,18-21,26-27H,7-12,15,17H2,1-3H3,(H2,36,37,38,40,44)/t26-,27+/m1/s1. The van der Waals surface area contributed by atoms with E-state index in [1.54, 1.807) is 11.0 Å². The average molecular weight is 643 g/mol. The van der Waals surface area contributed by atoms with Gasteiger partial charge < -0.3 is 29.6 Å². The van der Waals surface area contributed by atoms with Crippen molar-refractivity contribution < 1.29 is 14.3 Å². The highest BCUT2D eigenvalue weighted by Gasteiger charge is 2.44. The number of hydrogen-bond acceptors (Lipinski definition) is 8. The van der Waals surface area contributed by atoms with Gasteiger partial charge in [-0.3, -0.25) is 4.79 Å². The van der Waals surface area contributed by atoms with Gasteiger partial charge in [0.15, 0.2) is 5.65 Å². The molecular formula is C34H39ClN8O3. The summed E-state index contributed by atoms with van der Waals surface area (Å²) < 4.78 is 7.71. The number of aromatic nitrogens is 4. The van der Waals surface area contributed by atoms with Crippen molar-refractivity contribution in [2.24, 2.45) is 5.92 Å². The van der Waals surface area contributed by atoms with Crippen LogP contribution in [0.15, 0.2) is 55.1 Å². The van der Waals surface area contributed by atoms with E-state index in [0.29, 0.717) is 55.3 Å². The van der Waals surface area contributed by atoms with Gasteiger partial charge in [-0.05, 0) is 81.2 Å². The summed E-state index contributed by atoms with van der Waals surface area (Å²) in [6.07, 6.45) is 8.63. The van der Waals surface area contributed by atoms with E-state index < -0.39 is 5.60 Å². The third kappa shape index (κ3) is 6.89. The SMILES string of the molecule is CC(C)(C)OC(=O)N1CCN(c2cc(C3CC3)cn3cc(CNc4cc(NC(=O)[C@H]5C[C@@H]5c5cccc(Cl)c5)ncn4)nc23)CC1. The Kier molecular flexibility index (Phi) is 7.96. The summed E-state index contributed by atoms with van der Waals surface area (Å²) in [5.41, 5.74) is 4.73. The number of nitrogens with zero attached hydrogens (tertiary/aromatic N) is 6. The fourth-order valence-electron chi connectivity index (χ4n) is 6.08. The second kappa shape index (κ2) is 12.1. The second-order valence-electron chi connectivity index (χ2n) is 13.5. The highest BCUT2D eigenvalue weighted by Crippen LogP contribution is 2.48. The van der Waals surface area contributed by atoms with Gasteiger partial charge in [-0.25, -0.2) is 19.7 Å². The van der Waals surface area contributed by atoms with Crippen molar-refractivity contribution in [2.45, 2.75) is 64.0 Å². The van der Waals surface area contributed by atoms with Crippen molar-refractivity contribution >= 4 is 46.6 Å². The van der Waals surface area contributed by atoms with E-state index in [1.165, 1.54) is 24.7 Å². The van der Waals surface area contributed by atoms with E-state index in [1.807, 2.05) is 45.0 Å². The third-order valence-corrected chi connectivity index (χ3v) is 8.93. The molecule has 240 valence electrons. The lowest BCUT2D eigenvalue weighted by molar-refractivity contribution is -0.117. The summed E-state index contributed by atoms with van der Waals surface area (Å²) >= 11 is 6.14. The number of nitrogens with one attached hydrogen (secondary N) is 2. The van der Waals surface area contributed by atoms with Gasteiger partial charge in [-0.1, -0.05) is 23.7 Å². The molecule has 1 aliphatic heterocycles. The van der Waals surface area contributed by atoms with E-state index in [2.05, 4.69) is 48.4 Å². The maximum Gasteiger partial charge on any atom is 0.410 e. The number of ether oxygens (including phenoxy) is 1. The molecule has 2 aliphatic carbocycles. The average Bonchev–Trinajstić information content (AvgIpc) is 3.95. The lowest BCUT2D eigenvalue weighted by Crippen LogP contribution is -2.50. The smallest absolute Gasteiger partial charge is 0.410 e. The maximum atomic E-state index is 12.9. The Bertz CT molecular complexity index is 1770. The van der Waals surface area contributed by atoms with Crippen LogP contribution in [0, 0.1) is 5.92 Å². The van der Waals surface area contributed by atoms with Crippen LogP contribution in [0.2, 0.25) is 5.02 Å². The van der Waals surface area contributed by atoms with Gasteiger partial charge >= 0.3 is 6.09 Å². The van der Waals surface area contributed by atoms with Gasteiger partial charge in [-0.2, -0.15) is 0 Å². The van der Waals surface area contributed by atoms with Crippen LogP contribution in [0.4, 0.5) is 22.1 Å². The quantitative estimate of drug-likeness (QED) is 0.238. The number of rotatable bonds is 8. The Morgan fingerprint density at radius 2 is 1.78 bits per heavy atom. The molecule has 3 aliphatic rings. The van der Waals surface area contributed by atoms with E-state index in [-0.39, 0.29) is 23.8 Å². The summed E-state index contributed by atoms with van der Waals surface area (Å²) in [5.74, 6) is 1.66. The van der Waals surface area contributed by atoms with Crippen molar-refractivity contribution in [3.8, 4) is 0 Å². The number of anilines is 3. The number of pyridine rings is 1. The Labute approximate surface area is 273 Å². The summed E-state index contributed by atoms with van der Waals surface area (Å²) in [6, 6.07) is 11.7. The molecule has 3 fully saturated rings. The molecule has 7 rings (SSSR count). The van der Waals surface area contributed by atoms with Gasteiger partial charge in [-0.15, -0.1) is 0 Å². The number of hydrogen-bond donors (Lipinski definition) is 2. The molecule has 2 amide bonds. The largest absolute Gasteiger partial charge is 0.444 e. The van der Waals surface area contributed by atoms with Crippen LogP contribution in [-0.4, -0.2) is 68.0 Å². The van der Waals surface area contributed by atoms with Crippen LogP contribution in [0.1, 0.15) is 68.7 Å². The van der Waals surface area contributed by atoms with Gasteiger partial charge in [0.2, 0.25) is 5.91 Å². The lowest BCUT2D eigenvalue weighted by Gasteiger charge is -2.37. The fraction of sp³-hybridized carbons (Fsp3) is 0.441. The molecule has 4 aromatic rings. The minimum Gasteiger partial charge on any atom is -0.444 e. The number of imidazole rings is 1. The molecule has 4 heterocycles. The minimum absolute atomic E-state index is 0.0547. The summed E-state index contributed by atoms with van der Waals surface area (Å²) in [4.78, 5) is 43.3. The van der Waals surface area contributed by atoms with Crippen LogP contribution < -0.4 is 15.5 Å². The zero-order chi connectivity index (χ0) is 32.0. The normalized spacial score (nSPS) is 19.7. The molecule has 11 nitrogen and oxygen atoms in total. The number of amides is 2. The number of benzene rings is 1. The summed E-state index contributed by atoms with van der Waals surface area (Å²) in [6.45, 7) is 8.73. The summed E-state index contributed by atoms with van der Waals surface area (Å²) in [5, 5.41) is 6.97. The maximum absolute atomic E-state index is 12.9. The molecule has 0 bridgehead atoms. The van der Waals surface area contributed by atoms with Gasteiger partial charge in [0, 0.05) is 55.6 Å². The molecule has 0 unspecified atom stereocenters. The molecule has 46 heavy (non-hydrogen) atoms. The molecular weight excluding hydrogens is 604 g/mol. The van der Waals surface area contributed by atoms with Crippen LogP contribution >= 0.6 is 11.6 Å². The van der Waals surface area contributed by atoms with Crippen LogP contribution in [0.5, 0.6) is 0 Å². The van der Waals surface area contributed by atoms with Crippen LogP contribution in [-0.2, 0) is 16.1 Å². The molecule has 3 aromatic heterocycles. The highest BCUT2D eigenvalue weighted by atomic mass is 35.5. The molecule has 12 heteroatoms. The first kappa shape index (κ1) is 30.3. The predicted octanol–water partition coefficient (Wildman–Crippen LogP) is 6.07. The number of carbonyl (C=O) groups is 2. The second-order valence-corrected chi connectivity index (χ2v) is 13.9. The lowest BCUT2D eigenvalue weighted by atomic mass is 10.1. The Hall–Kier alpha value is -4.38.